The molecule has 1 fully saturated rings. The summed E-state index contributed by atoms with van der Waals surface area (Å²) in [6.07, 6.45) is 2.88. The van der Waals surface area contributed by atoms with E-state index in [0.29, 0.717) is 18.9 Å². The SMILES string of the molecule is CN=C(NCCC(=O)N1CCCC(C)C1)NCc1sccc1C. The molecular weight excluding hydrogens is 308 g/mol. The molecule has 6 heteroatoms. The van der Waals surface area contributed by atoms with Crippen LogP contribution in [0.25, 0.3) is 0 Å². The molecule has 2 N–H and O–H groups in total. The van der Waals surface area contributed by atoms with Crippen molar-refractivity contribution in [3.8, 4) is 0 Å². The molecule has 0 aromatic carbocycles. The number of carbonyl (C=O) groups excluding carboxylic acids is 1. The van der Waals surface area contributed by atoms with Gasteiger partial charge in [0.05, 0.1) is 6.54 Å². The van der Waals surface area contributed by atoms with E-state index in [4.69, 9.17) is 0 Å². The largest absolute Gasteiger partial charge is 0.356 e. The molecule has 0 saturated carbocycles. The molecule has 1 unspecified atom stereocenters. The van der Waals surface area contributed by atoms with Crippen LogP contribution in [0.4, 0.5) is 0 Å². The quantitative estimate of drug-likeness (QED) is 0.641. The lowest BCUT2D eigenvalue weighted by atomic mass is 10.00. The number of carbonyl (C=O) groups is 1. The molecule has 1 saturated heterocycles. The molecule has 0 aliphatic carbocycles. The molecule has 1 aliphatic heterocycles. The molecule has 1 aliphatic rings. The van der Waals surface area contributed by atoms with Gasteiger partial charge in [-0.15, -0.1) is 11.3 Å². The first-order valence-corrected chi connectivity index (χ1v) is 9.23. The number of aryl methyl sites for hydroxylation is 1. The van der Waals surface area contributed by atoms with E-state index in [1.54, 1.807) is 18.4 Å². The van der Waals surface area contributed by atoms with Gasteiger partial charge in [0.2, 0.25) is 5.91 Å². The minimum absolute atomic E-state index is 0.244. The van der Waals surface area contributed by atoms with E-state index < -0.39 is 0 Å². The van der Waals surface area contributed by atoms with Gasteiger partial charge in [-0.1, -0.05) is 6.92 Å². The minimum Gasteiger partial charge on any atom is -0.356 e. The van der Waals surface area contributed by atoms with Crippen LogP contribution in [0.5, 0.6) is 0 Å². The number of hydrogen-bond acceptors (Lipinski definition) is 3. The summed E-state index contributed by atoms with van der Waals surface area (Å²) in [5, 5.41) is 8.62. The third kappa shape index (κ3) is 5.53. The van der Waals surface area contributed by atoms with Crippen molar-refractivity contribution >= 4 is 23.2 Å². The number of hydrogen-bond donors (Lipinski definition) is 2. The molecule has 23 heavy (non-hydrogen) atoms. The molecule has 0 spiro atoms. The van der Waals surface area contributed by atoms with Crippen LogP contribution in [-0.4, -0.2) is 43.4 Å². The predicted molar refractivity (Wildman–Crippen MR) is 96.9 cm³/mol. The summed E-state index contributed by atoms with van der Waals surface area (Å²) in [7, 11) is 1.75. The Hall–Kier alpha value is -1.56. The highest BCUT2D eigenvalue weighted by Crippen LogP contribution is 2.16. The first-order chi connectivity index (χ1) is 11.1. The van der Waals surface area contributed by atoms with E-state index in [1.807, 2.05) is 4.90 Å². The predicted octanol–water partition coefficient (Wildman–Crippen LogP) is 2.37. The van der Waals surface area contributed by atoms with Gasteiger partial charge in [0, 0.05) is 38.0 Å². The van der Waals surface area contributed by atoms with Gasteiger partial charge in [0.1, 0.15) is 0 Å². The fourth-order valence-electron chi connectivity index (χ4n) is 2.83. The summed E-state index contributed by atoms with van der Waals surface area (Å²) in [6.45, 7) is 7.53. The summed E-state index contributed by atoms with van der Waals surface area (Å²) in [4.78, 5) is 19.8. The second kappa shape index (κ2) is 8.91. The Morgan fingerprint density at radius 2 is 2.30 bits per heavy atom. The maximum Gasteiger partial charge on any atom is 0.224 e. The summed E-state index contributed by atoms with van der Waals surface area (Å²) in [5.41, 5.74) is 1.30. The normalized spacial score (nSPS) is 18.8. The summed E-state index contributed by atoms with van der Waals surface area (Å²) < 4.78 is 0. The van der Waals surface area contributed by atoms with Crippen LogP contribution in [0, 0.1) is 12.8 Å². The fraction of sp³-hybridized carbons (Fsp3) is 0.647. The number of amides is 1. The molecular formula is C17H28N4OS. The van der Waals surface area contributed by atoms with E-state index in [-0.39, 0.29) is 5.91 Å². The van der Waals surface area contributed by atoms with Crippen molar-refractivity contribution in [2.24, 2.45) is 10.9 Å². The van der Waals surface area contributed by atoms with E-state index in [0.717, 1.165) is 32.0 Å². The molecule has 2 rings (SSSR count). The third-order valence-corrected chi connectivity index (χ3v) is 5.27. The van der Waals surface area contributed by atoms with Crippen molar-refractivity contribution in [2.75, 3.05) is 26.7 Å². The zero-order valence-electron chi connectivity index (χ0n) is 14.4. The van der Waals surface area contributed by atoms with E-state index in [1.165, 1.54) is 16.9 Å². The van der Waals surface area contributed by atoms with Gasteiger partial charge < -0.3 is 15.5 Å². The van der Waals surface area contributed by atoms with Gasteiger partial charge in [-0.25, -0.2) is 0 Å². The number of guanidine groups is 1. The average molecular weight is 337 g/mol. The van der Waals surface area contributed by atoms with Crippen molar-refractivity contribution < 1.29 is 4.79 Å². The average Bonchev–Trinajstić information content (AvgIpc) is 2.95. The number of nitrogens with one attached hydrogen (secondary N) is 2. The Balaban J connectivity index is 1.69. The van der Waals surface area contributed by atoms with Crippen LogP contribution >= 0.6 is 11.3 Å². The van der Waals surface area contributed by atoms with Gasteiger partial charge >= 0.3 is 0 Å². The van der Waals surface area contributed by atoms with Crippen molar-refractivity contribution in [1.82, 2.24) is 15.5 Å². The summed E-state index contributed by atoms with van der Waals surface area (Å²) >= 11 is 1.74. The van der Waals surface area contributed by atoms with Gasteiger partial charge in [-0.05, 0) is 42.7 Å². The highest BCUT2D eigenvalue weighted by Gasteiger charge is 2.20. The molecule has 1 aromatic rings. The van der Waals surface area contributed by atoms with Gasteiger partial charge in [0.25, 0.3) is 0 Å². The lowest BCUT2D eigenvalue weighted by Crippen LogP contribution is -2.42. The number of nitrogens with zero attached hydrogens (tertiary/aromatic N) is 2. The Morgan fingerprint density at radius 3 is 2.96 bits per heavy atom. The zero-order chi connectivity index (χ0) is 16.7. The van der Waals surface area contributed by atoms with Crippen LogP contribution in [0.3, 0.4) is 0 Å². The van der Waals surface area contributed by atoms with Crippen molar-refractivity contribution in [3.05, 3.63) is 21.9 Å². The highest BCUT2D eigenvalue weighted by atomic mass is 32.1. The molecule has 2 heterocycles. The van der Waals surface area contributed by atoms with Crippen LogP contribution < -0.4 is 10.6 Å². The molecule has 1 aromatic heterocycles. The lowest BCUT2D eigenvalue weighted by Gasteiger charge is -2.31. The molecule has 1 amide bonds. The molecule has 128 valence electrons. The smallest absolute Gasteiger partial charge is 0.224 e. The van der Waals surface area contributed by atoms with Crippen molar-refractivity contribution in [2.45, 2.75) is 39.7 Å². The Morgan fingerprint density at radius 1 is 1.48 bits per heavy atom. The standard InChI is InChI=1S/C17H28N4OS/c1-13-5-4-9-21(12-13)16(22)6-8-19-17(18-3)20-11-15-14(2)7-10-23-15/h7,10,13H,4-6,8-9,11-12H2,1-3H3,(H2,18,19,20). The second-order valence-electron chi connectivity index (χ2n) is 6.22. The maximum absolute atomic E-state index is 12.2. The minimum atomic E-state index is 0.244. The van der Waals surface area contributed by atoms with E-state index >= 15 is 0 Å². The lowest BCUT2D eigenvalue weighted by molar-refractivity contribution is -0.132. The molecule has 1 atom stereocenters. The van der Waals surface area contributed by atoms with Crippen LogP contribution in [0.1, 0.15) is 36.6 Å². The van der Waals surface area contributed by atoms with Gasteiger partial charge in [-0.3, -0.25) is 9.79 Å². The zero-order valence-corrected chi connectivity index (χ0v) is 15.2. The van der Waals surface area contributed by atoms with Gasteiger partial charge in [-0.2, -0.15) is 0 Å². The number of likely N-dealkylation sites (tertiary alicyclic amines) is 1. The maximum atomic E-state index is 12.2. The Kier molecular flexibility index (Phi) is 6.89. The summed E-state index contributed by atoms with van der Waals surface area (Å²) in [6, 6.07) is 2.12. The van der Waals surface area contributed by atoms with E-state index in [2.05, 4.69) is 40.9 Å². The topological polar surface area (TPSA) is 56.7 Å². The van der Waals surface area contributed by atoms with Crippen molar-refractivity contribution in [3.63, 3.8) is 0 Å². The van der Waals surface area contributed by atoms with Crippen LogP contribution in [0.2, 0.25) is 0 Å². The monoisotopic (exact) mass is 336 g/mol. The first kappa shape index (κ1) is 17.8. The van der Waals surface area contributed by atoms with E-state index in [9.17, 15) is 4.79 Å². The third-order valence-electron chi connectivity index (χ3n) is 4.25. The number of aliphatic imine (C=N–C) groups is 1. The first-order valence-electron chi connectivity index (χ1n) is 8.35. The summed E-state index contributed by atoms with van der Waals surface area (Å²) in [5.74, 6) is 1.62. The van der Waals surface area contributed by atoms with Crippen molar-refractivity contribution in [1.29, 1.82) is 0 Å². The highest BCUT2D eigenvalue weighted by molar-refractivity contribution is 7.10. The second-order valence-corrected chi connectivity index (χ2v) is 7.22. The number of rotatable bonds is 5. The number of thiophene rings is 1. The van der Waals surface area contributed by atoms with Gasteiger partial charge in [0.15, 0.2) is 5.96 Å². The number of piperidine rings is 1. The van der Waals surface area contributed by atoms with Crippen LogP contribution in [0.15, 0.2) is 16.4 Å². The Bertz CT molecular complexity index is 540. The Labute approximate surface area is 143 Å². The molecule has 0 bridgehead atoms. The molecule has 5 nitrogen and oxygen atoms in total. The molecule has 0 radical (unpaired) electrons. The van der Waals surface area contributed by atoms with Crippen LogP contribution in [-0.2, 0) is 11.3 Å². The fourth-order valence-corrected chi connectivity index (χ4v) is 3.68.